The Labute approximate surface area is 188 Å². The van der Waals surface area contributed by atoms with Crippen molar-refractivity contribution in [3.8, 4) is 0 Å². The maximum Gasteiger partial charge on any atom is 0.240 e. The highest BCUT2D eigenvalue weighted by Crippen LogP contribution is 2.30. The molecule has 0 aliphatic rings. The summed E-state index contributed by atoms with van der Waals surface area (Å²) in [6.07, 6.45) is 2.06. The fourth-order valence-corrected chi connectivity index (χ4v) is 6.18. The number of halogens is 1. The molecule has 0 atom stereocenters. The number of nitrogens with zero attached hydrogens (tertiary/aromatic N) is 1. The van der Waals surface area contributed by atoms with Gasteiger partial charge >= 0.3 is 0 Å². The number of aromatic nitrogens is 1. The molecule has 2 aromatic carbocycles. The Kier molecular flexibility index (Phi) is 7.16. The van der Waals surface area contributed by atoms with Crippen molar-refractivity contribution in [1.82, 2.24) is 9.71 Å². The third kappa shape index (κ3) is 5.51. The number of sulfonamides is 1. The SMILES string of the molecule is CC(C)c1ccc(S(=O)(=O)c2cccc(Cl)c2)cc1S(=O)(=O)NCCc1ccccn1. The monoisotopic (exact) mass is 478 g/mol. The van der Waals surface area contributed by atoms with E-state index in [1.165, 1.54) is 30.3 Å². The normalized spacial score (nSPS) is 12.3. The lowest BCUT2D eigenvalue weighted by atomic mass is 10.0. The summed E-state index contributed by atoms with van der Waals surface area (Å²) in [5.74, 6) is -0.120. The zero-order valence-corrected chi connectivity index (χ0v) is 19.5. The van der Waals surface area contributed by atoms with E-state index in [0.717, 1.165) is 5.69 Å². The van der Waals surface area contributed by atoms with Gasteiger partial charge in [0.2, 0.25) is 19.9 Å². The summed E-state index contributed by atoms with van der Waals surface area (Å²) in [4.78, 5) is 4.03. The third-order valence-corrected chi connectivity index (χ3v) is 8.21. The number of sulfone groups is 1. The van der Waals surface area contributed by atoms with Gasteiger partial charge in [0.1, 0.15) is 0 Å². The van der Waals surface area contributed by atoms with Crippen LogP contribution in [0.15, 0.2) is 81.5 Å². The second-order valence-corrected chi connectivity index (χ2v) is 11.4. The molecular formula is C22H23ClN2O4S2. The fourth-order valence-electron chi connectivity index (χ4n) is 3.10. The van der Waals surface area contributed by atoms with Crippen molar-refractivity contribution in [1.29, 1.82) is 0 Å². The maximum absolute atomic E-state index is 13.1. The Morgan fingerprint density at radius 1 is 0.935 bits per heavy atom. The lowest BCUT2D eigenvalue weighted by Gasteiger charge is -2.16. The van der Waals surface area contributed by atoms with Gasteiger partial charge in [-0.1, -0.05) is 43.6 Å². The van der Waals surface area contributed by atoms with E-state index in [-0.39, 0.29) is 32.2 Å². The first-order valence-electron chi connectivity index (χ1n) is 9.65. The van der Waals surface area contributed by atoms with Crippen LogP contribution in [-0.2, 0) is 26.3 Å². The molecular weight excluding hydrogens is 456 g/mol. The van der Waals surface area contributed by atoms with Crippen LogP contribution in [0, 0.1) is 0 Å². The molecule has 164 valence electrons. The first kappa shape index (κ1) is 23.4. The minimum absolute atomic E-state index is 0.00348. The quantitative estimate of drug-likeness (QED) is 0.523. The predicted molar refractivity (Wildman–Crippen MR) is 121 cm³/mol. The van der Waals surface area contributed by atoms with Crippen LogP contribution < -0.4 is 4.72 Å². The molecule has 0 saturated heterocycles. The first-order valence-corrected chi connectivity index (χ1v) is 13.0. The van der Waals surface area contributed by atoms with Gasteiger partial charge < -0.3 is 0 Å². The fraction of sp³-hybridized carbons (Fsp3) is 0.227. The summed E-state index contributed by atoms with van der Waals surface area (Å²) in [5, 5.41) is 0.281. The average molecular weight is 479 g/mol. The molecule has 31 heavy (non-hydrogen) atoms. The molecule has 3 aromatic rings. The van der Waals surface area contributed by atoms with Gasteiger partial charge in [-0.3, -0.25) is 4.98 Å². The van der Waals surface area contributed by atoms with Gasteiger partial charge in [0.25, 0.3) is 0 Å². The second-order valence-electron chi connectivity index (χ2n) is 7.28. The molecule has 6 nitrogen and oxygen atoms in total. The number of hydrogen-bond acceptors (Lipinski definition) is 5. The van der Waals surface area contributed by atoms with E-state index in [9.17, 15) is 16.8 Å². The summed E-state index contributed by atoms with van der Waals surface area (Å²) in [6.45, 7) is 3.85. The van der Waals surface area contributed by atoms with E-state index in [2.05, 4.69) is 9.71 Å². The number of hydrogen-bond donors (Lipinski definition) is 1. The van der Waals surface area contributed by atoms with E-state index in [4.69, 9.17) is 11.6 Å². The van der Waals surface area contributed by atoms with Gasteiger partial charge in [-0.05, 0) is 53.9 Å². The maximum atomic E-state index is 13.1. The molecule has 3 rings (SSSR count). The lowest BCUT2D eigenvalue weighted by molar-refractivity contribution is 0.578. The summed E-state index contributed by atoms with van der Waals surface area (Å²) in [7, 11) is -7.88. The number of pyridine rings is 1. The Morgan fingerprint density at radius 3 is 2.32 bits per heavy atom. The first-order chi connectivity index (χ1) is 14.6. The number of rotatable bonds is 8. The van der Waals surface area contributed by atoms with Gasteiger partial charge in [-0.15, -0.1) is 0 Å². The van der Waals surface area contributed by atoms with E-state index >= 15 is 0 Å². The van der Waals surface area contributed by atoms with E-state index in [1.54, 1.807) is 24.4 Å². The molecule has 0 radical (unpaired) electrons. The molecule has 0 saturated carbocycles. The topological polar surface area (TPSA) is 93.2 Å². The molecule has 0 unspecified atom stereocenters. The highest BCUT2D eigenvalue weighted by Gasteiger charge is 2.25. The van der Waals surface area contributed by atoms with Crippen LogP contribution in [0.5, 0.6) is 0 Å². The molecule has 1 heterocycles. The molecule has 0 fully saturated rings. The van der Waals surface area contributed by atoms with Crippen molar-refractivity contribution in [2.24, 2.45) is 0 Å². The summed E-state index contributed by atoms with van der Waals surface area (Å²) in [5.41, 5.74) is 1.29. The Morgan fingerprint density at radius 2 is 1.68 bits per heavy atom. The van der Waals surface area contributed by atoms with Crippen LogP contribution in [0.1, 0.15) is 31.0 Å². The van der Waals surface area contributed by atoms with Gasteiger partial charge in [-0.25, -0.2) is 21.6 Å². The van der Waals surface area contributed by atoms with Crippen molar-refractivity contribution < 1.29 is 16.8 Å². The zero-order chi connectivity index (χ0) is 22.6. The highest BCUT2D eigenvalue weighted by molar-refractivity contribution is 7.91. The van der Waals surface area contributed by atoms with Crippen LogP contribution in [0.3, 0.4) is 0 Å². The molecule has 0 aliphatic heterocycles. The van der Waals surface area contributed by atoms with E-state index in [0.29, 0.717) is 12.0 Å². The van der Waals surface area contributed by atoms with E-state index < -0.39 is 19.9 Å². The van der Waals surface area contributed by atoms with Gasteiger partial charge in [0, 0.05) is 29.9 Å². The smallest absolute Gasteiger partial charge is 0.240 e. The minimum Gasteiger partial charge on any atom is -0.261 e. The van der Waals surface area contributed by atoms with Crippen molar-refractivity contribution in [2.75, 3.05) is 6.54 Å². The van der Waals surface area contributed by atoms with Gasteiger partial charge in [0.15, 0.2) is 0 Å². The van der Waals surface area contributed by atoms with Crippen molar-refractivity contribution in [2.45, 2.75) is 40.9 Å². The summed E-state index contributed by atoms with van der Waals surface area (Å²) in [6, 6.07) is 15.5. The summed E-state index contributed by atoms with van der Waals surface area (Å²) >= 11 is 5.94. The van der Waals surface area contributed by atoms with Crippen molar-refractivity contribution in [3.05, 3.63) is 83.1 Å². The minimum atomic E-state index is -3.95. The molecule has 1 aromatic heterocycles. The standard InChI is InChI=1S/C22H23ClN2O4S2/c1-16(2)21-10-9-20(30(26,27)19-8-5-6-17(23)14-19)15-22(21)31(28,29)25-13-11-18-7-3-4-12-24-18/h3-10,12,14-16,25H,11,13H2,1-2H3. The van der Waals surface area contributed by atoms with Crippen LogP contribution in [-0.4, -0.2) is 28.4 Å². The molecule has 9 heteroatoms. The van der Waals surface area contributed by atoms with Crippen LogP contribution in [0.4, 0.5) is 0 Å². The number of nitrogens with one attached hydrogen (secondary N) is 1. The molecule has 0 aliphatic carbocycles. The van der Waals surface area contributed by atoms with Crippen molar-refractivity contribution >= 4 is 31.5 Å². The molecule has 0 amide bonds. The van der Waals surface area contributed by atoms with Crippen LogP contribution in [0.25, 0.3) is 0 Å². The Bertz CT molecular complexity index is 1280. The largest absolute Gasteiger partial charge is 0.261 e. The lowest BCUT2D eigenvalue weighted by Crippen LogP contribution is -2.27. The third-order valence-electron chi connectivity index (χ3n) is 4.71. The second kappa shape index (κ2) is 9.48. The van der Waals surface area contributed by atoms with Crippen LogP contribution >= 0.6 is 11.6 Å². The Balaban J connectivity index is 1.96. The average Bonchev–Trinajstić information content (AvgIpc) is 2.74. The predicted octanol–water partition coefficient (Wildman–Crippen LogP) is 4.21. The van der Waals surface area contributed by atoms with Gasteiger partial charge in [-0.2, -0.15) is 0 Å². The zero-order valence-electron chi connectivity index (χ0n) is 17.1. The molecule has 1 N–H and O–H groups in total. The van der Waals surface area contributed by atoms with E-state index in [1.807, 2.05) is 26.0 Å². The van der Waals surface area contributed by atoms with Gasteiger partial charge in [0.05, 0.1) is 14.7 Å². The molecule has 0 bridgehead atoms. The molecule has 0 spiro atoms. The van der Waals surface area contributed by atoms with Crippen LogP contribution in [0.2, 0.25) is 5.02 Å². The highest BCUT2D eigenvalue weighted by atomic mass is 35.5. The number of benzene rings is 2. The Hall–Kier alpha value is -2.26. The summed E-state index contributed by atoms with van der Waals surface area (Å²) < 4.78 is 54.8. The van der Waals surface area contributed by atoms with Crippen molar-refractivity contribution in [3.63, 3.8) is 0 Å².